The molecule has 0 aliphatic heterocycles. The van der Waals surface area contributed by atoms with Crippen LogP contribution in [0.25, 0.3) is 11.4 Å². The summed E-state index contributed by atoms with van der Waals surface area (Å²) in [5.41, 5.74) is 1.13. The first-order valence-electron chi connectivity index (χ1n) is 8.02. The van der Waals surface area contributed by atoms with Crippen molar-refractivity contribution in [2.75, 3.05) is 25.3 Å². The predicted molar refractivity (Wildman–Crippen MR) is 106 cm³/mol. The molecule has 3 aromatic rings. The molecule has 0 spiro atoms. The van der Waals surface area contributed by atoms with Crippen molar-refractivity contribution in [2.24, 2.45) is 0 Å². The number of nitrogens with zero attached hydrogens (tertiary/aromatic N) is 2. The number of ether oxygens (including phenoxy) is 2. The van der Waals surface area contributed by atoms with Crippen LogP contribution in [0.4, 0.5) is 10.1 Å². The first-order valence-corrected chi connectivity index (χ1v) is 9.39. The number of carbonyl (C=O) groups is 1. The molecule has 1 amide bonds. The fraction of sp³-hybridized carbons (Fsp3) is 0.167. The van der Waals surface area contributed by atoms with Crippen molar-refractivity contribution in [1.29, 1.82) is 0 Å². The van der Waals surface area contributed by atoms with Gasteiger partial charge >= 0.3 is 0 Å². The number of carbonyl (C=O) groups excluding carboxylic acids is 1. The van der Waals surface area contributed by atoms with Crippen LogP contribution in [-0.2, 0) is 4.79 Å². The van der Waals surface area contributed by atoms with Gasteiger partial charge in [-0.2, -0.15) is 0 Å². The molecule has 2 aromatic carbocycles. The number of H-pyrrole nitrogens is 1. The summed E-state index contributed by atoms with van der Waals surface area (Å²) in [7, 11) is 2.98. The van der Waals surface area contributed by atoms with Crippen LogP contribution in [0.2, 0.25) is 5.02 Å². The van der Waals surface area contributed by atoms with E-state index in [4.69, 9.17) is 21.1 Å². The molecule has 0 fully saturated rings. The van der Waals surface area contributed by atoms with E-state index in [-0.39, 0.29) is 17.5 Å². The third kappa shape index (κ3) is 4.73. The van der Waals surface area contributed by atoms with Crippen LogP contribution in [0.5, 0.6) is 11.5 Å². The lowest BCUT2D eigenvalue weighted by Gasteiger charge is -2.12. The molecule has 1 aromatic heterocycles. The zero-order valence-corrected chi connectivity index (χ0v) is 16.5. The third-order valence-electron chi connectivity index (χ3n) is 3.66. The van der Waals surface area contributed by atoms with E-state index in [1.807, 2.05) is 0 Å². The Kier molecular flexibility index (Phi) is 6.37. The van der Waals surface area contributed by atoms with Crippen molar-refractivity contribution in [2.45, 2.75) is 5.16 Å². The number of nitrogens with one attached hydrogen (secondary N) is 2. The number of thioether (sulfide) groups is 1. The van der Waals surface area contributed by atoms with Gasteiger partial charge in [-0.3, -0.25) is 9.89 Å². The van der Waals surface area contributed by atoms with Crippen molar-refractivity contribution >= 4 is 35.0 Å². The van der Waals surface area contributed by atoms with Gasteiger partial charge in [-0.25, -0.2) is 9.37 Å². The number of anilines is 1. The average Bonchev–Trinajstić information content (AvgIpc) is 3.16. The van der Waals surface area contributed by atoms with Gasteiger partial charge < -0.3 is 14.8 Å². The smallest absolute Gasteiger partial charge is 0.234 e. The van der Waals surface area contributed by atoms with E-state index in [9.17, 15) is 9.18 Å². The largest absolute Gasteiger partial charge is 0.495 e. The molecule has 10 heteroatoms. The molecule has 7 nitrogen and oxygen atoms in total. The maximum Gasteiger partial charge on any atom is 0.234 e. The summed E-state index contributed by atoms with van der Waals surface area (Å²) in [6.07, 6.45) is 0. The monoisotopic (exact) mass is 422 g/mol. The first-order chi connectivity index (χ1) is 13.5. The topological polar surface area (TPSA) is 89.1 Å². The van der Waals surface area contributed by atoms with Gasteiger partial charge in [-0.1, -0.05) is 23.4 Å². The van der Waals surface area contributed by atoms with Crippen molar-refractivity contribution in [3.63, 3.8) is 0 Å². The molecule has 0 atom stereocenters. The summed E-state index contributed by atoms with van der Waals surface area (Å²) in [4.78, 5) is 16.6. The molecule has 0 saturated carbocycles. The lowest BCUT2D eigenvalue weighted by molar-refractivity contribution is -0.113. The van der Waals surface area contributed by atoms with Crippen LogP contribution < -0.4 is 14.8 Å². The van der Waals surface area contributed by atoms with Crippen LogP contribution in [0.1, 0.15) is 0 Å². The molecule has 3 rings (SSSR count). The molecule has 0 aliphatic carbocycles. The highest BCUT2D eigenvalue weighted by Crippen LogP contribution is 2.36. The number of rotatable bonds is 7. The molecule has 28 heavy (non-hydrogen) atoms. The number of aromatic amines is 1. The van der Waals surface area contributed by atoms with Gasteiger partial charge in [0.2, 0.25) is 11.1 Å². The van der Waals surface area contributed by atoms with Crippen LogP contribution in [0, 0.1) is 5.82 Å². The van der Waals surface area contributed by atoms with E-state index in [0.29, 0.717) is 38.8 Å². The molecule has 0 saturated heterocycles. The number of hydrogen-bond donors (Lipinski definition) is 2. The highest BCUT2D eigenvalue weighted by molar-refractivity contribution is 7.99. The maximum absolute atomic E-state index is 13.0. The molecular formula is C18H16ClFN4O3S. The molecule has 0 radical (unpaired) electrons. The predicted octanol–water partition coefficient (Wildman–Crippen LogP) is 4.01. The maximum atomic E-state index is 13.0. The summed E-state index contributed by atoms with van der Waals surface area (Å²) >= 11 is 7.25. The summed E-state index contributed by atoms with van der Waals surface area (Å²) in [6.45, 7) is 0. The molecule has 0 aliphatic rings. The fourth-order valence-corrected chi connectivity index (χ4v) is 3.16. The zero-order chi connectivity index (χ0) is 20.1. The Morgan fingerprint density at radius 1 is 1.21 bits per heavy atom. The number of methoxy groups -OCH3 is 2. The Morgan fingerprint density at radius 2 is 1.93 bits per heavy atom. The van der Waals surface area contributed by atoms with Gasteiger partial charge in [0.15, 0.2) is 5.82 Å². The minimum absolute atomic E-state index is 0.0769. The number of benzene rings is 2. The lowest BCUT2D eigenvalue weighted by Crippen LogP contribution is -2.15. The number of aromatic nitrogens is 3. The van der Waals surface area contributed by atoms with Gasteiger partial charge in [0, 0.05) is 11.6 Å². The molecule has 0 unspecified atom stereocenters. The lowest BCUT2D eigenvalue weighted by atomic mass is 10.2. The Balaban J connectivity index is 1.62. The van der Waals surface area contributed by atoms with Crippen LogP contribution >= 0.6 is 23.4 Å². The average molecular weight is 423 g/mol. The first kappa shape index (κ1) is 20.0. The second kappa shape index (κ2) is 8.94. The summed E-state index contributed by atoms with van der Waals surface area (Å²) in [5.74, 6) is 0.830. The van der Waals surface area contributed by atoms with Gasteiger partial charge in [-0.05, 0) is 30.3 Å². The highest BCUT2D eigenvalue weighted by atomic mass is 35.5. The normalized spacial score (nSPS) is 10.6. The van der Waals surface area contributed by atoms with E-state index in [2.05, 4.69) is 20.5 Å². The Morgan fingerprint density at radius 3 is 2.61 bits per heavy atom. The summed E-state index contributed by atoms with van der Waals surface area (Å²) < 4.78 is 23.4. The van der Waals surface area contributed by atoms with Gasteiger partial charge in [0.25, 0.3) is 0 Å². The van der Waals surface area contributed by atoms with Gasteiger partial charge in [0.1, 0.15) is 17.3 Å². The number of hydrogen-bond acceptors (Lipinski definition) is 6. The number of amides is 1. The molecule has 0 bridgehead atoms. The standard InChI is InChI=1S/C18H16ClFN4O3S/c1-26-14-8-15(27-2)13(7-12(14)19)21-16(25)9-28-18-22-17(23-24-18)10-3-5-11(20)6-4-10/h3-8H,9H2,1-2H3,(H,21,25)(H,22,23,24). The van der Waals surface area contributed by atoms with E-state index >= 15 is 0 Å². The quantitative estimate of drug-likeness (QED) is 0.559. The van der Waals surface area contributed by atoms with Gasteiger partial charge in [0.05, 0.1) is 30.7 Å². The molecule has 146 valence electrons. The van der Waals surface area contributed by atoms with Crippen molar-refractivity contribution in [3.05, 3.63) is 47.2 Å². The minimum atomic E-state index is -0.330. The number of halogens is 2. The Labute approximate surface area is 169 Å². The Bertz CT molecular complexity index is 981. The SMILES string of the molecule is COc1cc(OC)c(NC(=O)CSc2n[nH]c(-c3ccc(F)cc3)n2)cc1Cl. The summed E-state index contributed by atoms with van der Waals surface area (Å²) in [5, 5.41) is 10.3. The zero-order valence-electron chi connectivity index (χ0n) is 15.0. The minimum Gasteiger partial charge on any atom is -0.495 e. The van der Waals surface area contributed by atoms with Crippen molar-refractivity contribution < 1.29 is 18.7 Å². The van der Waals surface area contributed by atoms with Gasteiger partial charge in [-0.15, -0.1) is 5.10 Å². The van der Waals surface area contributed by atoms with Crippen LogP contribution in [-0.4, -0.2) is 41.1 Å². The summed E-state index contributed by atoms with van der Waals surface area (Å²) in [6, 6.07) is 9.01. The van der Waals surface area contributed by atoms with E-state index in [1.165, 1.54) is 26.4 Å². The van der Waals surface area contributed by atoms with Crippen molar-refractivity contribution in [3.8, 4) is 22.9 Å². The highest BCUT2D eigenvalue weighted by Gasteiger charge is 2.14. The van der Waals surface area contributed by atoms with Crippen LogP contribution in [0.3, 0.4) is 0 Å². The second-order valence-electron chi connectivity index (χ2n) is 5.50. The van der Waals surface area contributed by atoms with E-state index in [1.54, 1.807) is 24.3 Å². The third-order valence-corrected chi connectivity index (χ3v) is 4.81. The van der Waals surface area contributed by atoms with E-state index in [0.717, 1.165) is 11.8 Å². The van der Waals surface area contributed by atoms with E-state index < -0.39 is 0 Å². The fourth-order valence-electron chi connectivity index (χ4n) is 2.32. The van der Waals surface area contributed by atoms with Crippen LogP contribution in [0.15, 0.2) is 41.6 Å². The Hall–Kier alpha value is -2.78. The second-order valence-corrected chi connectivity index (χ2v) is 6.85. The van der Waals surface area contributed by atoms with Crippen molar-refractivity contribution in [1.82, 2.24) is 15.2 Å². The molecule has 1 heterocycles. The molecule has 2 N–H and O–H groups in total. The molecular weight excluding hydrogens is 407 g/mol.